The summed E-state index contributed by atoms with van der Waals surface area (Å²) in [7, 11) is 1.64. The van der Waals surface area contributed by atoms with E-state index in [1.54, 1.807) is 7.11 Å². The molecule has 1 aliphatic heterocycles. The molecule has 1 aliphatic rings. The minimum Gasteiger partial charge on any atom is -0.480 e. The summed E-state index contributed by atoms with van der Waals surface area (Å²) in [6.07, 6.45) is 0. The van der Waals surface area contributed by atoms with Crippen molar-refractivity contribution in [1.29, 1.82) is 0 Å². The van der Waals surface area contributed by atoms with Gasteiger partial charge in [0.05, 0.1) is 18.8 Å². The number of aryl methyl sites for hydroxylation is 1. The molecule has 1 fully saturated rings. The molecule has 2 heterocycles. The molecule has 2 rings (SSSR count). The summed E-state index contributed by atoms with van der Waals surface area (Å²) in [4.78, 5) is 23.6. The number of anilines is 1. The van der Waals surface area contributed by atoms with Crippen LogP contribution in [-0.2, 0) is 16.1 Å². The van der Waals surface area contributed by atoms with Crippen LogP contribution in [0.2, 0.25) is 0 Å². The fraction of sp³-hybridized carbons (Fsp3) is 0.615. The second-order valence-electron chi connectivity index (χ2n) is 4.85. The van der Waals surface area contributed by atoms with Crippen molar-refractivity contribution in [3.63, 3.8) is 0 Å². The van der Waals surface area contributed by atoms with E-state index in [9.17, 15) is 4.79 Å². The van der Waals surface area contributed by atoms with Crippen molar-refractivity contribution in [1.82, 2.24) is 14.9 Å². The smallest absolute Gasteiger partial charge is 0.317 e. The van der Waals surface area contributed by atoms with E-state index in [-0.39, 0.29) is 6.54 Å². The molecular formula is C13H20N4O3. The lowest BCUT2D eigenvalue weighted by atomic mass is 10.3. The molecule has 1 saturated heterocycles. The van der Waals surface area contributed by atoms with Gasteiger partial charge in [0.25, 0.3) is 0 Å². The van der Waals surface area contributed by atoms with Gasteiger partial charge in [0, 0.05) is 39.4 Å². The Balaban J connectivity index is 2.01. The Hall–Kier alpha value is -1.73. The quantitative estimate of drug-likeness (QED) is 0.821. The Bertz CT molecular complexity index is 473. The average Bonchev–Trinajstić information content (AvgIpc) is 2.38. The van der Waals surface area contributed by atoms with E-state index in [4.69, 9.17) is 9.84 Å². The molecule has 7 nitrogen and oxygen atoms in total. The van der Waals surface area contributed by atoms with Crippen molar-refractivity contribution < 1.29 is 14.6 Å². The molecule has 0 spiro atoms. The first-order chi connectivity index (χ1) is 9.58. The third kappa shape index (κ3) is 3.88. The number of carboxylic acids is 1. The number of piperazine rings is 1. The third-order valence-electron chi connectivity index (χ3n) is 3.22. The summed E-state index contributed by atoms with van der Waals surface area (Å²) in [5, 5.41) is 8.79. The maximum Gasteiger partial charge on any atom is 0.317 e. The Morgan fingerprint density at radius 2 is 2.05 bits per heavy atom. The largest absolute Gasteiger partial charge is 0.480 e. The molecule has 0 radical (unpaired) electrons. The van der Waals surface area contributed by atoms with Crippen LogP contribution in [0.3, 0.4) is 0 Å². The van der Waals surface area contributed by atoms with Gasteiger partial charge >= 0.3 is 5.97 Å². The number of nitrogens with zero attached hydrogens (tertiary/aromatic N) is 4. The summed E-state index contributed by atoms with van der Waals surface area (Å²) in [5.41, 5.74) is 0.864. The summed E-state index contributed by atoms with van der Waals surface area (Å²) in [5.74, 6) is 0.834. The summed E-state index contributed by atoms with van der Waals surface area (Å²) < 4.78 is 5.10. The highest BCUT2D eigenvalue weighted by molar-refractivity contribution is 5.69. The van der Waals surface area contributed by atoms with E-state index >= 15 is 0 Å². The van der Waals surface area contributed by atoms with Crippen LogP contribution < -0.4 is 4.90 Å². The van der Waals surface area contributed by atoms with Crippen molar-refractivity contribution in [3.8, 4) is 0 Å². The molecule has 1 aromatic rings. The zero-order valence-corrected chi connectivity index (χ0v) is 11.9. The van der Waals surface area contributed by atoms with Crippen LogP contribution in [0.5, 0.6) is 0 Å². The summed E-state index contributed by atoms with van der Waals surface area (Å²) in [6, 6.07) is 1.93. The van der Waals surface area contributed by atoms with Gasteiger partial charge in [-0.3, -0.25) is 9.69 Å². The second kappa shape index (κ2) is 6.62. The standard InChI is InChI=1S/C13H20N4O3/c1-10-14-11(9-20-2)7-12(15-10)17-5-3-16(4-6-17)8-13(18)19/h7H,3-6,8-9H2,1-2H3,(H,18,19). The Morgan fingerprint density at radius 1 is 1.35 bits per heavy atom. The van der Waals surface area contributed by atoms with E-state index in [0.717, 1.165) is 43.5 Å². The fourth-order valence-electron chi connectivity index (χ4n) is 2.32. The number of hydrogen-bond acceptors (Lipinski definition) is 6. The minimum absolute atomic E-state index is 0.103. The minimum atomic E-state index is -0.779. The molecule has 0 aromatic carbocycles. The van der Waals surface area contributed by atoms with Gasteiger partial charge in [-0.25, -0.2) is 9.97 Å². The van der Waals surface area contributed by atoms with E-state index in [0.29, 0.717) is 6.61 Å². The highest BCUT2D eigenvalue weighted by atomic mass is 16.5. The predicted octanol–water partition coefficient (Wildman–Crippen LogP) is 0.138. The second-order valence-corrected chi connectivity index (χ2v) is 4.85. The van der Waals surface area contributed by atoms with E-state index in [2.05, 4.69) is 14.9 Å². The number of aromatic nitrogens is 2. The zero-order valence-electron chi connectivity index (χ0n) is 11.9. The molecule has 20 heavy (non-hydrogen) atoms. The predicted molar refractivity (Wildman–Crippen MR) is 73.8 cm³/mol. The first kappa shape index (κ1) is 14.7. The molecule has 0 atom stereocenters. The third-order valence-corrected chi connectivity index (χ3v) is 3.22. The van der Waals surface area contributed by atoms with Gasteiger partial charge in [0.15, 0.2) is 0 Å². The molecule has 0 saturated carbocycles. The van der Waals surface area contributed by atoms with Gasteiger partial charge in [-0.05, 0) is 6.92 Å². The molecule has 0 unspecified atom stereocenters. The van der Waals surface area contributed by atoms with Crippen LogP contribution >= 0.6 is 0 Å². The van der Waals surface area contributed by atoms with Crippen LogP contribution in [-0.4, -0.2) is 65.8 Å². The van der Waals surface area contributed by atoms with Crippen molar-refractivity contribution in [2.24, 2.45) is 0 Å². The zero-order chi connectivity index (χ0) is 14.5. The molecule has 0 aliphatic carbocycles. The Morgan fingerprint density at radius 3 is 2.65 bits per heavy atom. The van der Waals surface area contributed by atoms with Crippen molar-refractivity contribution >= 4 is 11.8 Å². The molecule has 1 aromatic heterocycles. The van der Waals surface area contributed by atoms with Gasteiger partial charge in [0.1, 0.15) is 11.6 Å². The van der Waals surface area contributed by atoms with E-state index in [1.165, 1.54) is 0 Å². The Kier molecular flexibility index (Phi) is 4.86. The molecule has 1 N–H and O–H groups in total. The van der Waals surface area contributed by atoms with Gasteiger partial charge in [-0.15, -0.1) is 0 Å². The van der Waals surface area contributed by atoms with Crippen LogP contribution in [0.1, 0.15) is 11.5 Å². The first-order valence-electron chi connectivity index (χ1n) is 6.61. The number of hydrogen-bond donors (Lipinski definition) is 1. The van der Waals surface area contributed by atoms with E-state index < -0.39 is 5.97 Å². The maximum absolute atomic E-state index is 10.7. The van der Waals surface area contributed by atoms with Gasteiger partial charge in [0.2, 0.25) is 0 Å². The SMILES string of the molecule is COCc1cc(N2CCN(CC(=O)O)CC2)nc(C)n1. The number of rotatable bonds is 5. The maximum atomic E-state index is 10.7. The summed E-state index contributed by atoms with van der Waals surface area (Å²) >= 11 is 0. The molecular weight excluding hydrogens is 260 g/mol. The van der Waals surface area contributed by atoms with E-state index in [1.807, 2.05) is 17.9 Å². The monoisotopic (exact) mass is 280 g/mol. The number of carboxylic acid groups (broad SMARTS) is 1. The van der Waals surface area contributed by atoms with Crippen LogP contribution in [0.25, 0.3) is 0 Å². The topological polar surface area (TPSA) is 78.8 Å². The van der Waals surface area contributed by atoms with Gasteiger partial charge in [-0.1, -0.05) is 0 Å². The lowest BCUT2D eigenvalue weighted by Crippen LogP contribution is -2.48. The molecule has 110 valence electrons. The Labute approximate surface area is 118 Å². The fourth-order valence-corrected chi connectivity index (χ4v) is 2.32. The first-order valence-corrected chi connectivity index (χ1v) is 6.61. The highest BCUT2D eigenvalue weighted by Crippen LogP contribution is 2.15. The average molecular weight is 280 g/mol. The number of ether oxygens (including phenoxy) is 1. The van der Waals surface area contributed by atoms with Crippen molar-refractivity contribution in [2.45, 2.75) is 13.5 Å². The normalized spacial score (nSPS) is 16.4. The van der Waals surface area contributed by atoms with Gasteiger partial charge in [-0.2, -0.15) is 0 Å². The number of methoxy groups -OCH3 is 1. The lowest BCUT2D eigenvalue weighted by molar-refractivity contribution is -0.138. The van der Waals surface area contributed by atoms with Crippen LogP contribution in [0.15, 0.2) is 6.07 Å². The van der Waals surface area contributed by atoms with Crippen molar-refractivity contribution in [2.75, 3.05) is 44.7 Å². The summed E-state index contributed by atoms with van der Waals surface area (Å²) in [6.45, 7) is 5.44. The van der Waals surface area contributed by atoms with Crippen LogP contribution in [0, 0.1) is 6.92 Å². The number of carbonyl (C=O) groups is 1. The molecule has 0 amide bonds. The lowest BCUT2D eigenvalue weighted by Gasteiger charge is -2.34. The highest BCUT2D eigenvalue weighted by Gasteiger charge is 2.20. The molecule has 7 heteroatoms. The molecule has 0 bridgehead atoms. The van der Waals surface area contributed by atoms with Crippen LogP contribution in [0.4, 0.5) is 5.82 Å². The van der Waals surface area contributed by atoms with Crippen molar-refractivity contribution in [3.05, 3.63) is 17.6 Å². The van der Waals surface area contributed by atoms with Gasteiger partial charge < -0.3 is 14.7 Å². The number of aliphatic carboxylic acids is 1.